The van der Waals surface area contributed by atoms with E-state index in [2.05, 4.69) is 10.2 Å². The summed E-state index contributed by atoms with van der Waals surface area (Å²) in [5, 5.41) is 2.52. The smallest absolute Gasteiger partial charge is 0.416 e. The summed E-state index contributed by atoms with van der Waals surface area (Å²) in [5.74, 6) is -0.104. The molecule has 0 spiro atoms. The number of halogens is 3. The molecule has 1 aliphatic rings. The summed E-state index contributed by atoms with van der Waals surface area (Å²) in [6.45, 7) is 6.98. The molecule has 0 bridgehead atoms. The molecule has 7 heteroatoms. The van der Waals surface area contributed by atoms with Crippen molar-refractivity contribution in [3.63, 3.8) is 0 Å². The molecule has 1 amide bonds. The van der Waals surface area contributed by atoms with E-state index in [-0.39, 0.29) is 12.5 Å². The Morgan fingerprint density at radius 2 is 1.89 bits per heavy atom. The van der Waals surface area contributed by atoms with Crippen LogP contribution >= 0.6 is 0 Å². The number of amides is 1. The van der Waals surface area contributed by atoms with Gasteiger partial charge >= 0.3 is 12.3 Å². The van der Waals surface area contributed by atoms with E-state index in [4.69, 9.17) is 4.74 Å². The molecule has 1 unspecified atom stereocenters. The maximum Gasteiger partial charge on any atom is 0.416 e. The first-order valence-electron chi connectivity index (χ1n) is 9.81. The lowest BCUT2D eigenvalue weighted by Gasteiger charge is -2.28. The first kappa shape index (κ1) is 22.5. The third-order valence-electron chi connectivity index (χ3n) is 4.90. The van der Waals surface area contributed by atoms with Gasteiger partial charge in [0.1, 0.15) is 5.60 Å². The number of hydrogen-bond acceptors (Lipinski definition) is 3. The maximum atomic E-state index is 13.7. The van der Waals surface area contributed by atoms with Crippen LogP contribution in [-0.4, -0.2) is 36.7 Å². The van der Waals surface area contributed by atoms with Crippen LogP contribution in [0.15, 0.2) is 18.2 Å². The van der Waals surface area contributed by atoms with E-state index < -0.39 is 23.4 Å². The van der Waals surface area contributed by atoms with E-state index in [0.29, 0.717) is 11.1 Å². The van der Waals surface area contributed by atoms with Gasteiger partial charge in [0.25, 0.3) is 0 Å². The lowest BCUT2D eigenvalue weighted by atomic mass is 9.85. The van der Waals surface area contributed by atoms with Crippen LogP contribution in [0.3, 0.4) is 0 Å². The molecule has 0 aliphatic carbocycles. The van der Waals surface area contributed by atoms with E-state index in [1.807, 2.05) is 7.05 Å². The second-order valence-corrected chi connectivity index (χ2v) is 8.56. The molecule has 1 fully saturated rings. The van der Waals surface area contributed by atoms with Crippen molar-refractivity contribution in [1.82, 2.24) is 10.2 Å². The number of likely N-dealkylation sites (tertiary alicyclic amines) is 1. The molecule has 0 radical (unpaired) electrons. The van der Waals surface area contributed by atoms with Gasteiger partial charge in [0.05, 0.1) is 5.56 Å². The normalized spacial score (nSPS) is 19.6. The van der Waals surface area contributed by atoms with E-state index in [0.717, 1.165) is 44.8 Å². The van der Waals surface area contributed by atoms with Gasteiger partial charge in [0, 0.05) is 6.54 Å². The summed E-state index contributed by atoms with van der Waals surface area (Å²) in [6, 6.07) is 4.42. The largest absolute Gasteiger partial charge is 0.444 e. The highest BCUT2D eigenvalue weighted by atomic mass is 19.4. The Balaban J connectivity index is 2.17. The molecule has 2 rings (SSSR count). The average Bonchev–Trinajstić information content (AvgIpc) is 2.54. The Kier molecular flexibility index (Phi) is 7.37. The second-order valence-electron chi connectivity index (χ2n) is 8.56. The lowest BCUT2D eigenvalue weighted by Crippen LogP contribution is -2.32. The van der Waals surface area contributed by atoms with Gasteiger partial charge in [-0.25, -0.2) is 4.79 Å². The predicted molar refractivity (Wildman–Crippen MR) is 103 cm³/mol. The summed E-state index contributed by atoms with van der Waals surface area (Å²) in [7, 11) is 2.01. The first-order chi connectivity index (χ1) is 13.0. The molecule has 28 heavy (non-hydrogen) atoms. The second kappa shape index (κ2) is 9.16. The fraction of sp³-hybridized carbons (Fsp3) is 0.667. The highest BCUT2D eigenvalue weighted by molar-refractivity contribution is 5.67. The zero-order valence-corrected chi connectivity index (χ0v) is 17.2. The van der Waals surface area contributed by atoms with Gasteiger partial charge in [-0.05, 0) is 83.3 Å². The molecular formula is C21H31F3N2O2. The van der Waals surface area contributed by atoms with E-state index >= 15 is 0 Å². The Bertz CT molecular complexity index is 669. The van der Waals surface area contributed by atoms with Gasteiger partial charge in [-0.3, -0.25) is 0 Å². The molecule has 0 saturated carbocycles. The van der Waals surface area contributed by atoms with Gasteiger partial charge < -0.3 is 15.0 Å². The summed E-state index contributed by atoms with van der Waals surface area (Å²) in [6.07, 6.45) is -1.65. The van der Waals surface area contributed by atoms with Gasteiger partial charge in [-0.1, -0.05) is 18.6 Å². The van der Waals surface area contributed by atoms with E-state index in [1.54, 1.807) is 32.9 Å². The zero-order chi connectivity index (χ0) is 20.9. The van der Waals surface area contributed by atoms with Crippen molar-refractivity contribution in [1.29, 1.82) is 0 Å². The number of nitrogens with one attached hydrogen (secondary N) is 1. The Morgan fingerprint density at radius 1 is 1.18 bits per heavy atom. The Morgan fingerprint density at radius 3 is 2.54 bits per heavy atom. The van der Waals surface area contributed by atoms with Crippen LogP contribution in [0.1, 0.15) is 69.1 Å². The molecular weight excluding hydrogens is 369 g/mol. The van der Waals surface area contributed by atoms with Gasteiger partial charge in [0.15, 0.2) is 0 Å². The van der Waals surface area contributed by atoms with Crippen molar-refractivity contribution in [2.75, 3.05) is 20.1 Å². The molecule has 1 atom stereocenters. The van der Waals surface area contributed by atoms with Gasteiger partial charge in [-0.2, -0.15) is 13.2 Å². The molecule has 0 aromatic heterocycles. The quantitative estimate of drug-likeness (QED) is 0.747. The van der Waals surface area contributed by atoms with Crippen molar-refractivity contribution in [2.24, 2.45) is 0 Å². The molecule has 158 valence electrons. The third kappa shape index (κ3) is 7.00. The topological polar surface area (TPSA) is 41.6 Å². The monoisotopic (exact) mass is 400 g/mol. The summed E-state index contributed by atoms with van der Waals surface area (Å²) < 4.78 is 46.4. The lowest BCUT2D eigenvalue weighted by molar-refractivity contribution is -0.138. The Labute approximate surface area is 165 Å². The van der Waals surface area contributed by atoms with Crippen molar-refractivity contribution >= 4 is 6.09 Å². The number of rotatable bonds is 3. The highest BCUT2D eigenvalue weighted by Crippen LogP contribution is 2.39. The third-order valence-corrected chi connectivity index (χ3v) is 4.90. The van der Waals surface area contributed by atoms with Crippen molar-refractivity contribution in [3.8, 4) is 0 Å². The summed E-state index contributed by atoms with van der Waals surface area (Å²) in [4.78, 5) is 13.9. The van der Waals surface area contributed by atoms with Crippen molar-refractivity contribution < 1.29 is 22.7 Å². The first-order valence-corrected chi connectivity index (χ1v) is 9.81. The fourth-order valence-electron chi connectivity index (χ4n) is 3.52. The fourth-order valence-corrected chi connectivity index (χ4v) is 3.52. The van der Waals surface area contributed by atoms with Gasteiger partial charge in [-0.15, -0.1) is 0 Å². The minimum absolute atomic E-state index is 0.00826. The van der Waals surface area contributed by atoms with Crippen molar-refractivity contribution in [2.45, 2.75) is 70.7 Å². The molecule has 1 aromatic carbocycles. The van der Waals surface area contributed by atoms with Crippen LogP contribution in [0.5, 0.6) is 0 Å². The highest BCUT2D eigenvalue weighted by Gasteiger charge is 2.35. The minimum Gasteiger partial charge on any atom is -0.444 e. The number of nitrogens with zero attached hydrogens (tertiary/aromatic N) is 1. The van der Waals surface area contributed by atoms with Gasteiger partial charge in [0.2, 0.25) is 0 Å². The van der Waals surface area contributed by atoms with Crippen LogP contribution < -0.4 is 5.32 Å². The van der Waals surface area contributed by atoms with Crippen LogP contribution in [0.25, 0.3) is 0 Å². The number of carbonyl (C=O) groups is 1. The summed E-state index contributed by atoms with van der Waals surface area (Å²) >= 11 is 0. The van der Waals surface area contributed by atoms with Crippen molar-refractivity contribution in [3.05, 3.63) is 34.9 Å². The Hall–Kier alpha value is -1.76. The van der Waals surface area contributed by atoms with Crippen LogP contribution in [0.2, 0.25) is 0 Å². The number of alkyl carbamates (subject to hydrolysis) is 1. The molecule has 1 heterocycles. The number of hydrogen-bond donors (Lipinski definition) is 1. The average molecular weight is 400 g/mol. The molecule has 4 nitrogen and oxygen atoms in total. The SMILES string of the molecule is CN1CCCCC(c2ccc(CNC(=O)OC(C)(C)C)cc2C(F)(F)F)CC1. The summed E-state index contributed by atoms with van der Waals surface area (Å²) in [5.41, 5.74) is -0.478. The number of carbonyl (C=O) groups excluding carboxylic acids is 1. The number of alkyl halides is 3. The van der Waals surface area contributed by atoms with Crippen LogP contribution in [0.4, 0.5) is 18.0 Å². The number of benzene rings is 1. The molecule has 1 N–H and O–H groups in total. The van der Waals surface area contributed by atoms with Crippen LogP contribution in [0, 0.1) is 0 Å². The minimum atomic E-state index is -4.43. The molecule has 1 aliphatic heterocycles. The molecule has 1 saturated heterocycles. The van der Waals surface area contributed by atoms with Crippen LogP contribution in [-0.2, 0) is 17.5 Å². The van der Waals surface area contributed by atoms with E-state index in [9.17, 15) is 18.0 Å². The predicted octanol–water partition coefficient (Wildman–Crippen LogP) is 5.32. The molecule has 1 aromatic rings. The van der Waals surface area contributed by atoms with E-state index in [1.165, 1.54) is 0 Å². The zero-order valence-electron chi connectivity index (χ0n) is 17.2. The maximum absolute atomic E-state index is 13.7. The number of ether oxygens (including phenoxy) is 1. The standard InChI is InChI=1S/C21H31F3N2O2/c1-20(2,3)28-19(27)25-14-15-8-9-17(18(13-15)21(22,23)24)16-7-5-6-11-26(4)12-10-16/h8-9,13,16H,5-7,10-12,14H2,1-4H3,(H,25,27).